The number of rotatable bonds is 6. The fourth-order valence-electron chi connectivity index (χ4n) is 2.15. The summed E-state index contributed by atoms with van der Waals surface area (Å²) in [5.74, 6) is 0.772. The molecule has 0 fully saturated rings. The van der Waals surface area contributed by atoms with Gasteiger partial charge in [-0.1, -0.05) is 19.4 Å². The van der Waals surface area contributed by atoms with E-state index < -0.39 is 0 Å². The molecule has 2 aromatic heterocycles. The molecule has 0 radical (unpaired) electrons. The van der Waals surface area contributed by atoms with E-state index in [9.17, 15) is 4.79 Å². The molecule has 0 aliphatic heterocycles. The third-order valence-electron chi connectivity index (χ3n) is 3.21. The summed E-state index contributed by atoms with van der Waals surface area (Å²) in [6, 6.07) is 7.76. The Labute approximate surface area is 129 Å². The largest absolute Gasteiger partial charge is 0.373 e. The molecule has 5 heteroatoms. The lowest BCUT2D eigenvalue weighted by Gasteiger charge is -2.17. The van der Waals surface area contributed by atoms with Crippen molar-refractivity contribution >= 4 is 23.1 Å². The first-order chi connectivity index (χ1) is 10.1. The summed E-state index contributed by atoms with van der Waals surface area (Å²) in [7, 11) is 3.66. The molecule has 112 valence electrons. The Hall–Kier alpha value is -1.88. The highest BCUT2D eigenvalue weighted by Crippen LogP contribution is 2.16. The van der Waals surface area contributed by atoms with Crippen molar-refractivity contribution in [1.29, 1.82) is 0 Å². The first-order valence-electron chi connectivity index (χ1n) is 7.10. The molecular weight excluding hydrogens is 282 g/mol. The molecule has 1 N–H and O–H groups in total. The number of hydrogen-bond donors (Lipinski definition) is 1. The van der Waals surface area contributed by atoms with E-state index in [-0.39, 0.29) is 5.91 Å². The summed E-state index contributed by atoms with van der Waals surface area (Å²) < 4.78 is 0. The molecule has 0 spiro atoms. The number of nitrogens with one attached hydrogen (secondary N) is 1. The van der Waals surface area contributed by atoms with Gasteiger partial charge >= 0.3 is 0 Å². The van der Waals surface area contributed by atoms with Gasteiger partial charge < -0.3 is 10.2 Å². The van der Waals surface area contributed by atoms with E-state index in [0.717, 1.165) is 24.4 Å². The van der Waals surface area contributed by atoms with Gasteiger partial charge in [-0.3, -0.25) is 4.79 Å². The fourth-order valence-corrected chi connectivity index (χ4v) is 2.91. The van der Waals surface area contributed by atoms with Crippen LogP contribution in [0.15, 0.2) is 29.6 Å². The monoisotopic (exact) mass is 303 g/mol. The Morgan fingerprint density at radius 3 is 2.86 bits per heavy atom. The summed E-state index contributed by atoms with van der Waals surface area (Å²) in [4.78, 5) is 20.0. The van der Waals surface area contributed by atoms with E-state index in [1.54, 1.807) is 16.2 Å². The lowest BCUT2D eigenvalue weighted by molar-refractivity contribution is 0.0786. The minimum absolute atomic E-state index is 0.0275. The van der Waals surface area contributed by atoms with Gasteiger partial charge in [0.05, 0.1) is 6.54 Å². The maximum atomic E-state index is 12.6. The van der Waals surface area contributed by atoms with E-state index in [1.165, 1.54) is 4.88 Å². The van der Waals surface area contributed by atoms with E-state index in [2.05, 4.69) is 17.2 Å². The van der Waals surface area contributed by atoms with Crippen LogP contribution < -0.4 is 5.32 Å². The van der Waals surface area contributed by atoms with Crippen LogP contribution in [0.2, 0.25) is 0 Å². The quantitative estimate of drug-likeness (QED) is 0.889. The number of anilines is 1. The molecule has 0 saturated carbocycles. The summed E-state index contributed by atoms with van der Waals surface area (Å²) in [6.45, 7) is 2.74. The minimum Gasteiger partial charge on any atom is -0.373 e. The van der Waals surface area contributed by atoms with E-state index in [1.807, 2.05) is 43.7 Å². The normalized spacial score (nSPS) is 10.4. The van der Waals surface area contributed by atoms with Crippen LogP contribution in [0, 0.1) is 0 Å². The molecule has 0 aliphatic carbocycles. The molecule has 2 aromatic rings. The van der Waals surface area contributed by atoms with Crippen LogP contribution in [0.1, 0.15) is 34.3 Å². The summed E-state index contributed by atoms with van der Waals surface area (Å²) >= 11 is 1.66. The van der Waals surface area contributed by atoms with Crippen LogP contribution in [0.3, 0.4) is 0 Å². The molecule has 0 saturated heterocycles. The van der Waals surface area contributed by atoms with Gasteiger partial charge in [0.15, 0.2) is 0 Å². The van der Waals surface area contributed by atoms with Crippen LogP contribution >= 0.6 is 11.3 Å². The second-order valence-electron chi connectivity index (χ2n) is 4.97. The van der Waals surface area contributed by atoms with Crippen molar-refractivity contribution in [3.8, 4) is 0 Å². The van der Waals surface area contributed by atoms with Gasteiger partial charge in [0.25, 0.3) is 5.91 Å². The van der Waals surface area contributed by atoms with Crippen molar-refractivity contribution in [2.75, 3.05) is 19.4 Å². The van der Waals surface area contributed by atoms with Gasteiger partial charge in [0.1, 0.15) is 5.82 Å². The Kier molecular flexibility index (Phi) is 5.33. The van der Waals surface area contributed by atoms with Gasteiger partial charge in [-0.15, -0.1) is 11.3 Å². The number of thiophene rings is 1. The van der Waals surface area contributed by atoms with Gasteiger partial charge in [-0.25, -0.2) is 4.98 Å². The molecule has 0 atom stereocenters. The summed E-state index contributed by atoms with van der Waals surface area (Å²) in [5, 5.41) is 5.05. The molecule has 0 aromatic carbocycles. The fraction of sp³-hybridized carbons (Fsp3) is 0.375. The average molecular weight is 303 g/mol. The molecule has 0 bridgehead atoms. The number of pyridine rings is 1. The molecule has 2 heterocycles. The van der Waals surface area contributed by atoms with Crippen LogP contribution in [-0.4, -0.2) is 29.9 Å². The van der Waals surface area contributed by atoms with Gasteiger partial charge in [0, 0.05) is 30.2 Å². The van der Waals surface area contributed by atoms with Gasteiger partial charge in [0.2, 0.25) is 0 Å². The van der Waals surface area contributed by atoms with Crippen molar-refractivity contribution in [3.05, 3.63) is 45.8 Å². The third kappa shape index (κ3) is 4.04. The number of hydrogen-bond acceptors (Lipinski definition) is 4. The highest BCUT2D eigenvalue weighted by molar-refractivity contribution is 7.09. The SMILES string of the molecule is CCCc1cc(C(=O)N(C)Cc2cccs2)cc(NC)n1. The Morgan fingerprint density at radius 2 is 2.24 bits per heavy atom. The molecule has 0 aliphatic rings. The molecule has 4 nitrogen and oxygen atoms in total. The molecular formula is C16H21N3OS. The number of aromatic nitrogens is 1. The second-order valence-corrected chi connectivity index (χ2v) is 6.01. The predicted molar refractivity (Wildman–Crippen MR) is 87.9 cm³/mol. The summed E-state index contributed by atoms with van der Waals surface area (Å²) in [6.07, 6.45) is 1.89. The lowest BCUT2D eigenvalue weighted by atomic mass is 10.1. The minimum atomic E-state index is 0.0275. The topological polar surface area (TPSA) is 45.2 Å². The summed E-state index contributed by atoms with van der Waals surface area (Å²) in [5.41, 5.74) is 1.65. The number of carbonyl (C=O) groups is 1. The van der Waals surface area contributed by atoms with E-state index >= 15 is 0 Å². The van der Waals surface area contributed by atoms with Crippen LogP contribution in [-0.2, 0) is 13.0 Å². The van der Waals surface area contributed by atoms with Crippen molar-refractivity contribution in [3.63, 3.8) is 0 Å². The number of nitrogens with zero attached hydrogens (tertiary/aromatic N) is 2. The first kappa shape index (κ1) is 15.5. The van der Waals surface area contributed by atoms with Crippen LogP contribution in [0.25, 0.3) is 0 Å². The van der Waals surface area contributed by atoms with E-state index in [4.69, 9.17) is 0 Å². The number of carbonyl (C=O) groups excluding carboxylic acids is 1. The van der Waals surface area contributed by atoms with Crippen LogP contribution in [0.4, 0.5) is 5.82 Å². The molecule has 21 heavy (non-hydrogen) atoms. The maximum Gasteiger partial charge on any atom is 0.254 e. The zero-order valence-electron chi connectivity index (χ0n) is 12.7. The van der Waals surface area contributed by atoms with Crippen molar-refractivity contribution in [2.24, 2.45) is 0 Å². The standard InChI is InChI=1S/C16H21N3OS/c1-4-6-13-9-12(10-15(17-2)18-13)16(20)19(3)11-14-7-5-8-21-14/h5,7-10H,4,6,11H2,1-3H3,(H,17,18). The van der Waals surface area contributed by atoms with Crippen molar-refractivity contribution in [2.45, 2.75) is 26.3 Å². The van der Waals surface area contributed by atoms with Gasteiger partial charge in [-0.2, -0.15) is 0 Å². The Bertz CT molecular complexity index is 596. The average Bonchev–Trinajstić information content (AvgIpc) is 2.99. The van der Waals surface area contributed by atoms with Crippen molar-refractivity contribution < 1.29 is 4.79 Å². The van der Waals surface area contributed by atoms with Gasteiger partial charge in [-0.05, 0) is 30.0 Å². The Morgan fingerprint density at radius 1 is 1.43 bits per heavy atom. The maximum absolute atomic E-state index is 12.6. The zero-order valence-corrected chi connectivity index (χ0v) is 13.5. The number of amides is 1. The van der Waals surface area contributed by atoms with E-state index in [0.29, 0.717) is 12.1 Å². The zero-order chi connectivity index (χ0) is 15.2. The third-order valence-corrected chi connectivity index (χ3v) is 4.07. The highest BCUT2D eigenvalue weighted by Gasteiger charge is 2.14. The highest BCUT2D eigenvalue weighted by atomic mass is 32.1. The first-order valence-corrected chi connectivity index (χ1v) is 7.98. The Balaban J connectivity index is 2.18. The predicted octanol–water partition coefficient (Wildman–Crippen LogP) is 3.41. The lowest BCUT2D eigenvalue weighted by Crippen LogP contribution is -2.26. The number of aryl methyl sites for hydroxylation is 1. The molecule has 1 amide bonds. The van der Waals surface area contributed by atoms with Crippen LogP contribution in [0.5, 0.6) is 0 Å². The molecule has 2 rings (SSSR count). The van der Waals surface area contributed by atoms with Crippen molar-refractivity contribution in [1.82, 2.24) is 9.88 Å². The smallest absolute Gasteiger partial charge is 0.254 e. The second kappa shape index (κ2) is 7.22. The molecule has 0 unspecified atom stereocenters.